The average Bonchev–Trinajstić information content (AvgIpc) is 2.66. The number of hydrogen-bond donors (Lipinski definition) is 0. The van der Waals surface area contributed by atoms with Crippen LogP contribution in [-0.2, 0) is 4.74 Å². The van der Waals surface area contributed by atoms with Gasteiger partial charge in [-0.1, -0.05) is 12.5 Å². The molecule has 4 heteroatoms. The Kier molecular flexibility index (Phi) is 5.37. The van der Waals surface area contributed by atoms with Crippen LogP contribution in [-0.4, -0.2) is 43.9 Å². The molecule has 0 N–H and O–H groups in total. The molecule has 136 valence electrons. The number of hydrogen-bond acceptors (Lipinski definition) is 3. The lowest BCUT2D eigenvalue weighted by atomic mass is 9.84. The first kappa shape index (κ1) is 17.0. The van der Waals surface area contributed by atoms with Crippen LogP contribution in [0.5, 0.6) is 5.75 Å². The second-order valence-electron chi connectivity index (χ2n) is 7.54. The molecule has 0 amide bonds. The van der Waals surface area contributed by atoms with Crippen molar-refractivity contribution in [2.24, 2.45) is 5.92 Å². The van der Waals surface area contributed by atoms with E-state index in [-0.39, 0.29) is 5.82 Å². The first-order valence-corrected chi connectivity index (χ1v) is 9.74. The monoisotopic (exact) mass is 345 g/mol. The number of rotatable bonds is 4. The van der Waals surface area contributed by atoms with E-state index in [4.69, 9.17) is 9.47 Å². The van der Waals surface area contributed by atoms with Crippen molar-refractivity contribution in [3.05, 3.63) is 35.7 Å². The molecule has 0 aliphatic carbocycles. The summed E-state index contributed by atoms with van der Waals surface area (Å²) in [7, 11) is 0. The van der Waals surface area contributed by atoms with Crippen molar-refractivity contribution in [1.29, 1.82) is 0 Å². The minimum absolute atomic E-state index is 0.220. The quantitative estimate of drug-likeness (QED) is 0.813. The zero-order valence-corrected chi connectivity index (χ0v) is 14.9. The second-order valence-corrected chi connectivity index (χ2v) is 7.54. The smallest absolute Gasteiger partial charge is 0.127 e. The van der Waals surface area contributed by atoms with Gasteiger partial charge in [0, 0.05) is 18.0 Å². The van der Waals surface area contributed by atoms with Crippen LogP contribution in [0.15, 0.2) is 24.3 Å². The van der Waals surface area contributed by atoms with E-state index in [0.29, 0.717) is 37.5 Å². The molecule has 1 aromatic carbocycles. The third-order valence-corrected chi connectivity index (χ3v) is 5.90. The molecule has 0 saturated carbocycles. The number of halogens is 1. The Bertz CT molecular complexity index is 628. The van der Waals surface area contributed by atoms with Crippen molar-refractivity contribution in [3.8, 4) is 5.75 Å². The Labute approximate surface area is 149 Å². The molecule has 0 unspecified atom stereocenters. The van der Waals surface area contributed by atoms with Crippen molar-refractivity contribution in [1.82, 2.24) is 4.90 Å². The van der Waals surface area contributed by atoms with E-state index in [1.807, 2.05) is 12.1 Å². The van der Waals surface area contributed by atoms with Crippen LogP contribution < -0.4 is 4.74 Å². The molecule has 3 aliphatic rings. The van der Waals surface area contributed by atoms with Crippen LogP contribution in [0.25, 0.3) is 5.57 Å². The van der Waals surface area contributed by atoms with E-state index < -0.39 is 0 Å². The lowest BCUT2D eigenvalue weighted by Crippen LogP contribution is -2.49. The van der Waals surface area contributed by atoms with E-state index >= 15 is 0 Å². The third-order valence-electron chi connectivity index (χ3n) is 5.90. The molecule has 0 spiro atoms. The number of piperidine rings is 2. The van der Waals surface area contributed by atoms with Crippen molar-refractivity contribution < 1.29 is 13.9 Å². The van der Waals surface area contributed by atoms with Gasteiger partial charge in [0.2, 0.25) is 0 Å². The summed E-state index contributed by atoms with van der Waals surface area (Å²) < 4.78 is 25.5. The normalized spacial score (nSPS) is 27.5. The minimum Gasteiger partial charge on any atom is -0.493 e. The Morgan fingerprint density at radius 3 is 2.92 bits per heavy atom. The average molecular weight is 345 g/mol. The minimum atomic E-state index is -0.220. The lowest BCUT2D eigenvalue weighted by molar-refractivity contribution is 0.0365. The van der Waals surface area contributed by atoms with Crippen molar-refractivity contribution >= 4 is 5.57 Å². The molecule has 3 aliphatic heterocycles. The molecular weight excluding hydrogens is 317 g/mol. The van der Waals surface area contributed by atoms with Gasteiger partial charge in [0.15, 0.2) is 0 Å². The van der Waals surface area contributed by atoms with Gasteiger partial charge >= 0.3 is 0 Å². The van der Waals surface area contributed by atoms with Crippen LogP contribution >= 0.6 is 0 Å². The van der Waals surface area contributed by atoms with E-state index in [1.54, 1.807) is 6.07 Å². The summed E-state index contributed by atoms with van der Waals surface area (Å²) in [4.78, 5) is 2.64. The maximum Gasteiger partial charge on any atom is 0.127 e. The Morgan fingerprint density at radius 2 is 2.04 bits per heavy atom. The summed E-state index contributed by atoms with van der Waals surface area (Å²) >= 11 is 0. The van der Waals surface area contributed by atoms with Gasteiger partial charge in [0.05, 0.1) is 19.8 Å². The van der Waals surface area contributed by atoms with E-state index in [2.05, 4.69) is 4.90 Å². The molecule has 3 heterocycles. The molecular formula is C21H28FNO2. The molecule has 25 heavy (non-hydrogen) atoms. The Morgan fingerprint density at radius 1 is 1.12 bits per heavy atom. The summed E-state index contributed by atoms with van der Waals surface area (Å²) in [6.45, 7) is 4.50. The first-order valence-electron chi connectivity index (χ1n) is 9.74. The first-order chi connectivity index (χ1) is 12.3. The van der Waals surface area contributed by atoms with Gasteiger partial charge in [-0.2, -0.15) is 0 Å². The molecule has 4 rings (SSSR count). The zero-order chi connectivity index (χ0) is 17.1. The van der Waals surface area contributed by atoms with Gasteiger partial charge in [0.25, 0.3) is 0 Å². The molecule has 0 bridgehead atoms. The number of fused-ring (bicyclic) bond motifs is 1. The molecule has 2 fully saturated rings. The molecule has 0 aromatic heterocycles. The Hall–Kier alpha value is -1.39. The van der Waals surface area contributed by atoms with Crippen LogP contribution in [0.3, 0.4) is 0 Å². The summed E-state index contributed by atoms with van der Waals surface area (Å²) in [5.74, 6) is 1.02. The van der Waals surface area contributed by atoms with Crippen molar-refractivity contribution in [2.75, 3.05) is 32.9 Å². The SMILES string of the molecule is Fc1cc(OC[C@@H]2CCCN3CCCC[C@H]23)cc(C2=CCOCC2)c1. The fourth-order valence-electron chi connectivity index (χ4n) is 4.60. The maximum absolute atomic E-state index is 14.1. The van der Waals surface area contributed by atoms with Crippen LogP contribution in [0, 0.1) is 11.7 Å². The number of benzene rings is 1. The highest BCUT2D eigenvalue weighted by Crippen LogP contribution is 2.32. The van der Waals surface area contributed by atoms with E-state index in [1.165, 1.54) is 51.3 Å². The molecule has 0 radical (unpaired) electrons. The van der Waals surface area contributed by atoms with Crippen molar-refractivity contribution in [3.63, 3.8) is 0 Å². The van der Waals surface area contributed by atoms with Crippen LogP contribution in [0.4, 0.5) is 4.39 Å². The predicted octanol–water partition coefficient (Wildman–Crippen LogP) is 4.27. The molecule has 2 saturated heterocycles. The lowest BCUT2D eigenvalue weighted by Gasteiger charge is -2.44. The summed E-state index contributed by atoms with van der Waals surface area (Å²) in [6, 6.07) is 5.77. The maximum atomic E-state index is 14.1. The highest BCUT2D eigenvalue weighted by molar-refractivity contribution is 5.67. The standard InChI is InChI=1S/C21H28FNO2/c22-19-12-18(16-6-10-24-11-7-16)13-20(14-19)25-15-17-4-3-9-23-8-2-1-5-21(17)23/h6,12-14,17,21H,1-5,7-11,15H2/t17-,21+/m0/s1. The second kappa shape index (κ2) is 7.88. The Balaban J connectivity index is 1.43. The number of nitrogens with zero attached hydrogens (tertiary/aromatic N) is 1. The summed E-state index contributed by atoms with van der Waals surface area (Å²) in [5, 5.41) is 0. The van der Waals surface area contributed by atoms with Crippen LogP contribution in [0.2, 0.25) is 0 Å². The van der Waals surface area contributed by atoms with Gasteiger partial charge in [-0.15, -0.1) is 0 Å². The van der Waals surface area contributed by atoms with Crippen molar-refractivity contribution in [2.45, 2.75) is 44.6 Å². The van der Waals surface area contributed by atoms with Gasteiger partial charge in [0.1, 0.15) is 11.6 Å². The molecule has 3 nitrogen and oxygen atoms in total. The molecule has 2 atom stereocenters. The van der Waals surface area contributed by atoms with Gasteiger partial charge in [-0.25, -0.2) is 4.39 Å². The third kappa shape index (κ3) is 4.06. The van der Waals surface area contributed by atoms with Crippen LogP contribution in [0.1, 0.15) is 44.1 Å². The highest BCUT2D eigenvalue weighted by atomic mass is 19.1. The summed E-state index contributed by atoms with van der Waals surface area (Å²) in [5.41, 5.74) is 2.09. The summed E-state index contributed by atoms with van der Waals surface area (Å²) in [6.07, 6.45) is 9.31. The fourth-order valence-corrected chi connectivity index (χ4v) is 4.60. The largest absolute Gasteiger partial charge is 0.493 e. The number of ether oxygens (including phenoxy) is 2. The predicted molar refractivity (Wildman–Crippen MR) is 97.2 cm³/mol. The van der Waals surface area contributed by atoms with E-state index in [9.17, 15) is 4.39 Å². The fraction of sp³-hybridized carbons (Fsp3) is 0.619. The highest BCUT2D eigenvalue weighted by Gasteiger charge is 2.33. The van der Waals surface area contributed by atoms with Gasteiger partial charge in [-0.05, 0) is 68.5 Å². The van der Waals surface area contributed by atoms with Gasteiger partial charge in [-0.3, -0.25) is 4.90 Å². The molecule has 1 aromatic rings. The zero-order valence-electron chi connectivity index (χ0n) is 14.9. The van der Waals surface area contributed by atoms with Gasteiger partial charge < -0.3 is 9.47 Å². The topological polar surface area (TPSA) is 21.7 Å². The van der Waals surface area contributed by atoms with E-state index in [0.717, 1.165) is 17.6 Å².